The highest BCUT2D eigenvalue weighted by molar-refractivity contribution is 6.03. The molecule has 3 aliphatic rings. The lowest BCUT2D eigenvalue weighted by Gasteiger charge is -2.31. The summed E-state index contributed by atoms with van der Waals surface area (Å²) in [6.07, 6.45) is 15.2. The van der Waals surface area contributed by atoms with Crippen LogP contribution in [0, 0.1) is 29.3 Å². The number of hydrogen-bond acceptors (Lipinski definition) is 1. The lowest BCUT2D eigenvalue weighted by Crippen LogP contribution is -2.16. The molecule has 0 bridgehead atoms. The molecule has 0 N–H and O–H groups in total. The van der Waals surface area contributed by atoms with Gasteiger partial charge in [0.25, 0.3) is 0 Å². The summed E-state index contributed by atoms with van der Waals surface area (Å²) in [7, 11) is 0. The third-order valence-corrected chi connectivity index (χ3v) is 7.70. The van der Waals surface area contributed by atoms with Crippen molar-refractivity contribution in [2.75, 3.05) is 6.61 Å². The summed E-state index contributed by atoms with van der Waals surface area (Å²) >= 11 is 0. The Morgan fingerprint density at radius 3 is 2.12 bits per heavy atom. The van der Waals surface area contributed by atoms with Crippen molar-refractivity contribution >= 4 is 0 Å². The topological polar surface area (TPSA) is 9.23 Å². The minimum atomic E-state index is -0.920. The maximum atomic E-state index is 15.1. The van der Waals surface area contributed by atoms with E-state index in [1.807, 2.05) is 0 Å². The van der Waals surface area contributed by atoms with Crippen LogP contribution in [0.4, 0.5) is 13.2 Å². The quantitative estimate of drug-likeness (QED) is 0.361. The summed E-state index contributed by atoms with van der Waals surface area (Å²) in [5, 5.41) is 0. The van der Waals surface area contributed by atoms with Gasteiger partial charge in [0.1, 0.15) is 0 Å². The van der Waals surface area contributed by atoms with Crippen molar-refractivity contribution < 1.29 is 17.9 Å². The fraction of sp³-hybridized carbons (Fsp3) is 0.500. The van der Waals surface area contributed by atoms with Crippen molar-refractivity contribution in [3.05, 3.63) is 53.4 Å². The third-order valence-electron chi connectivity index (χ3n) is 7.70. The van der Waals surface area contributed by atoms with Crippen molar-refractivity contribution in [1.29, 1.82) is 0 Å². The Morgan fingerprint density at radius 2 is 1.44 bits per heavy atom. The largest absolute Gasteiger partial charge is 0.491 e. The maximum absolute atomic E-state index is 15.1. The van der Waals surface area contributed by atoms with Gasteiger partial charge in [-0.1, -0.05) is 31.4 Å². The van der Waals surface area contributed by atoms with E-state index >= 15 is 8.78 Å². The summed E-state index contributed by atoms with van der Waals surface area (Å²) in [6, 6.07) is 5.09. The third kappa shape index (κ3) is 3.76. The first-order valence-electron chi connectivity index (χ1n) is 12.2. The molecular weight excluding hydrogens is 409 g/mol. The number of halogens is 3. The van der Waals surface area contributed by atoms with E-state index in [4.69, 9.17) is 4.74 Å². The number of ether oxygens (including phenoxy) is 1. The van der Waals surface area contributed by atoms with Crippen LogP contribution in [0.2, 0.25) is 0 Å². The van der Waals surface area contributed by atoms with E-state index in [1.165, 1.54) is 32.1 Å². The van der Waals surface area contributed by atoms with Gasteiger partial charge in [-0.2, -0.15) is 0 Å². The van der Waals surface area contributed by atoms with Crippen molar-refractivity contribution in [1.82, 2.24) is 0 Å². The fourth-order valence-corrected chi connectivity index (χ4v) is 5.89. The zero-order chi connectivity index (χ0) is 22.2. The molecule has 0 spiro atoms. The molecule has 3 aliphatic carbocycles. The van der Waals surface area contributed by atoms with E-state index in [9.17, 15) is 4.39 Å². The standard InChI is InChI=1S/C28H31F3O/c1-2-32-23-15-14-20-22-16-21(26(29)28(31)25(22)24(20)27(23)30)19-12-10-18(11-13-19)9-8-17-6-4-3-5-7-17/h8-9,14-19H,2-7,10-13H2,1H3/b9-8+. The van der Waals surface area contributed by atoms with Gasteiger partial charge in [0, 0.05) is 11.1 Å². The molecule has 2 aromatic rings. The van der Waals surface area contributed by atoms with E-state index in [0.29, 0.717) is 29.2 Å². The number of allylic oxidation sites excluding steroid dienone is 2. The van der Waals surface area contributed by atoms with Gasteiger partial charge in [-0.05, 0) is 98.1 Å². The molecule has 0 atom stereocenters. The van der Waals surface area contributed by atoms with E-state index in [1.54, 1.807) is 25.1 Å². The van der Waals surface area contributed by atoms with Gasteiger partial charge >= 0.3 is 0 Å². The second-order valence-electron chi connectivity index (χ2n) is 9.64. The molecule has 0 aromatic heterocycles. The Balaban J connectivity index is 1.32. The van der Waals surface area contributed by atoms with Gasteiger partial charge in [-0.15, -0.1) is 0 Å². The van der Waals surface area contributed by atoms with Crippen LogP contribution in [-0.2, 0) is 0 Å². The van der Waals surface area contributed by atoms with Gasteiger partial charge in [-0.25, -0.2) is 13.2 Å². The van der Waals surface area contributed by atoms with Crippen LogP contribution in [-0.4, -0.2) is 6.61 Å². The van der Waals surface area contributed by atoms with Crippen LogP contribution in [0.5, 0.6) is 5.75 Å². The van der Waals surface area contributed by atoms with Gasteiger partial charge in [-0.3, -0.25) is 0 Å². The molecule has 1 nitrogen and oxygen atoms in total. The number of benzene rings is 2. The Kier molecular flexibility index (Phi) is 6.05. The molecular formula is C28H31F3O. The van der Waals surface area contributed by atoms with Gasteiger partial charge in [0.05, 0.1) is 6.61 Å². The second kappa shape index (κ2) is 8.96. The highest BCUT2D eigenvalue weighted by Gasteiger charge is 2.36. The molecule has 0 saturated heterocycles. The monoisotopic (exact) mass is 440 g/mol. The van der Waals surface area contributed by atoms with Crippen LogP contribution in [0.25, 0.3) is 22.3 Å². The Bertz CT molecular complexity index is 1030. The molecule has 2 aromatic carbocycles. The SMILES string of the molecule is CCOc1ccc2c(c1F)-c1c-2cc(C2CCC(/C=C/C3CCCCC3)CC2)c(F)c1F. The highest BCUT2D eigenvalue weighted by atomic mass is 19.2. The fourth-order valence-electron chi connectivity index (χ4n) is 5.89. The first-order valence-corrected chi connectivity index (χ1v) is 12.2. The van der Waals surface area contributed by atoms with E-state index in [-0.39, 0.29) is 22.8 Å². The number of fused-ring (bicyclic) bond motifs is 4. The first-order chi connectivity index (χ1) is 15.6. The lowest BCUT2D eigenvalue weighted by molar-refractivity contribution is 0.322. The first kappa shape index (κ1) is 21.6. The van der Waals surface area contributed by atoms with Gasteiger partial charge < -0.3 is 4.74 Å². The predicted molar refractivity (Wildman–Crippen MR) is 122 cm³/mol. The summed E-state index contributed by atoms with van der Waals surface area (Å²) in [6.45, 7) is 2.08. The highest BCUT2D eigenvalue weighted by Crippen LogP contribution is 2.54. The summed E-state index contributed by atoms with van der Waals surface area (Å²) in [5.41, 5.74) is 1.92. The molecule has 0 amide bonds. The molecule has 2 fully saturated rings. The van der Waals surface area contributed by atoms with Crippen molar-refractivity contribution in [3.63, 3.8) is 0 Å². The maximum Gasteiger partial charge on any atom is 0.173 e. The molecule has 4 heteroatoms. The molecule has 2 saturated carbocycles. The minimum absolute atomic E-state index is 0.0192. The van der Waals surface area contributed by atoms with E-state index in [0.717, 1.165) is 31.6 Å². The Hall–Kier alpha value is -2.23. The van der Waals surface area contributed by atoms with Crippen LogP contribution in [0.3, 0.4) is 0 Å². The summed E-state index contributed by atoms with van der Waals surface area (Å²) in [5.74, 6) is -0.961. The van der Waals surface area contributed by atoms with Gasteiger partial charge in [0.2, 0.25) is 0 Å². The zero-order valence-electron chi connectivity index (χ0n) is 18.7. The zero-order valence-corrected chi connectivity index (χ0v) is 18.7. The average molecular weight is 441 g/mol. The average Bonchev–Trinajstić information content (AvgIpc) is 2.81. The van der Waals surface area contributed by atoms with Crippen LogP contribution in [0.15, 0.2) is 30.4 Å². The Morgan fingerprint density at radius 1 is 0.781 bits per heavy atom. The Labute approximate surface area is 188 Å². The molecule has 0 heterocycles. The van der Waals surface area contributed by atoms with Crippen LogP contribution in [0.1, 0.15) is 76.2 Å². The molecule has 0 radical (unpaired) electrons. The molecule has 0 aliphatic heterocycles. The smallest absolute Gasteiger partial charge is 0.173 e. The molecule has 0 unspecified atom stereocenters. The second-order valence-corrected chi connectivity index (χ2v) is 9.64. The molecule has 5 rings (SSSR count). The van der Waals surface area contributed by atoms with Crippen LogP contribution >= 0.6 is 0 Å². The van der Waals surface area contributed by atoms with Crippen molar-refractivity contribution in [2.24, 2.45) is 11.8 Å². The predicted octanol–water partition coefficient (Wildman–Crippen LogP) is 8.56. The molecule has 170 valence electrons. The normalized spacial score (nSPS) is 23.0. The van der Waals surface area contributed by atoms with Gasteiger partial charge in [0.15, 0.2) is 23.2 Å². The number of hydrogen-bond donors (Lipinski definition) is 0. The lowest BCUT2D eigenvalue weighted by atomic mass is 9.73. The summed E-state index contributed by atoms with van der Waals surface area (Å²) < 4.78 is 50.2. The minimum Gasteiger partial charge on any atom is -0.491 e. The summed E-state index contributed by atoms with van der Waals surface area (Å²) in [4.78, 5) is 0. The van der Waals surface area contributed by atoms with Crippen molar-refractivity contribution in [2.45, 2.75) is 70.6 Å². The number of rotatable bonds is 5. The van der Waals surface area contributed by atoms with E-state index in [2.05, 4.69) is 12.2 Å². The van der Waals surface area contributed by atoms with Crippen LogP contribution < -0.4 is 4.74 Å². The van der Waals surface area contributed by atoms with Crippen molar-refractivity contribution in [3.8, 4) is 28.0 Å². The van der Waals surface area contributed by atoms with E-state index < -0.39 is 17.5 Å². The molecule has 32 heavy (non-hydrogen) atoms.